The van der Waals surface area contributed by atoms with E-state index in [0.29, 0.717) is 18.6 Å². The zero-order chi connectivity index (χ0) is 23.1. The third-order valence-corrected chi connectivity index (χ3v) is 6.31. The van der Waals surface area contributed by atoms with Crippen molar-refractivity contribution in [1.29, 1.82) is 0 Å². The molecule has 1 aliphatic carbocycles. The van der Waals surface area contributed by atoms with Crippen molar-refractivity contribution in [2.24, 2.45) is 11.3 Å². The summed E-state index contributed by atoms with van der Waals surface area (Å²) in [5.41, 5.74) is 3.38. The first-order valence-electron chi connectivity index (χ1n) is 11.2. The molecule has 0 radical (unpaired) electrons. The van der Waals surface area contributed by atoms with E-state index in [1.165, 1.54) is 7.11 Å². The van der Waals surface area contributed by atoms with Gasteiger partial charge in [-0.25, -0.2) is 4.79 Å². The number of allylic oxidation sites excluding steroid dienone is 1. The predicted octanol–water partition coefficient (Wildman–Crippen LogP) is 5.87. The normalized spacial score (nSPS) is 15.7. The lowest BCUT2D eigenvalue weighted by molar-refractivity contribution is -0.144. The molecule has 0 aliphatic heterocycles. The van der Waals surface area contributed by atoms with Gasteiger partial charge in [-0.1, -0.05) is 37.3 Å². The number of methoxy groups -OCH3 is 1. The minimum Gasteiger partial charge on any atom is -0.507 e. The molecule has 0 saturated heterocycles. The lowest BCUT2D eigenvalue weighted by atomic mass is 9.84. The van der Waals surface area contributed by atoms with Crippen molar-refractivity contribution in [3.8, 4) is 5.75 Å². The van der Waals surface area contributed by atoms with Crippen LogP contribution in [0.15, 0.2) is 48.5 Å². The lowest BCUT2D eigenvalue weighted by Gasteiger charge is -2.21. The standard InChI is InChI=1S/C27H32O5/c1-4-32-25(29)18-27(15-16-27)14-13-19(2)23(17-22-7-5-6-8-24(22)28)20-9-11-21(12-10-20)26(30)31-3/h5-12,17,19,28H,4,13-16,18H2,1-3H3. The van der Waals surface area contributed by atoms with Crippen LogP contribution in [0.4, 0.5) is 0 Å². The summed E-state index contributed by atoms with van der Waals surface area (Å²) in [5.74, 6) is -0.0610. The molecular weight excluding hydrogens is 404 g/mol. The summed E-state index contributed by atoms with van der Waals surface area (Å²) in [6.07, 6.45) is 6.48. The quantitative estimate of drug-likeness (QED) is 0.372. The molecule has 5 nitrogen and oxygen atoms in total. The fourth-order valence-electron chi connectivity index (χ4n) is 4.09. The number of para-hydroxylation sites is 1. The van der Waals surface area contributed by atoms with Crippen LogP contribution in [0.1, 0.15) is 67.4 Å². The molecule has 0 spiro atoms. The van der Waals surface area contributed by atoms with Crippen molar-refractivity contribution in [3.63, 3.8) is 0 Å². The van der Waals surface area contributed by atoms with Gasteiger partial charge in [-0.2, -0.15) is 0 Å². The number of esters is 2. The van der Waals surface area contributed by atoms with Gasteiger partial charge in [0, 0.05) is 5.56 Å². The first kappa shape index (κ1) is 23.6. The molecule has 32 heavy (non-hydrogen) atoms. The minimum atomic E-state index is -0.370. The van der Waals surface area contributed by atoms with Gasteiger partial charge in [0.2, 0.25) is 0 Å². The van der Waals surface area contributed by atoms with E-state index in [1.54, 1.807) is 24.3 Å². The summed E-state index contributed by atoms with van der Waals surface area (Å²) >= 11 is 0. The van der Waals surface area contributed by atoms with Gasteiger partial charge in [-0.15, -0.1) is 0 Å². The Morgan fingerprint density at radius 2 is 1.75 bits per heavy atom. The topological polar surface area (TPSA) is 72.8 Å². The predicted molar refractivity (Wildman–Crippen MR) is 125 cm³/mol. The van der Waals surface area contributed by atoms with Gasteiger partial charge >= 0.3 is 11.9 Å². The molecule has 1 atom stereocenters. The number of aromatic hydroxyl groups is 1. The van der Waals surface area contributed by atoms with E-state index < -0.39 is 0 Å². The van der Waals surface area contributed by atoms with Crippen molar-refractivity contribution in [1.82, 2.24) is 0 Å². The highest BCUT2D eigenvalue weighted by Gasteiger charge is 2.44. The fourth-order valence-corrected chi connectivity index (χ4v) is 4.09. The summed E-state index contributed by atoms with van der Waals surface area (Å²) in [7, 11) is 1.37. The molecule has 1 unspecified atom stereocenters. The van der Waals surface area contributed by atoms with Crippen LogP contribution in [-0.2, 0) is 14.3 Å². The second kappa shape index (κ2) is 10.5. The maximum Gasteiger partial charge on any atom is 0.337 e. The third-order valence-electron chi connectivity index (χ3n) is 6.31. The highest BCUT2D eigenvalue weighted by Crippen LogP contribution is 2.53. The van der Waals surface area contributed by atoms with Gasteiger partial charge in [-0.3, -0.25) is 4.79 Å². The van der Waals surface area contributed by atoms with Crippen LogP contribution in [0.3, 0.4) is 0 Å². The molecular formula is C27H32O5. The van der Waals surface area contributed by atoms with Crippen LogP contribution in [0.25, 0.3) is 11.6 Å². The van der Waals surface area contributed by atoms with E-state index in [9.17, 15) is 14.7 Å². The van der Waals surface area contributed by atoms with E-state index in [0.717, 1.165) is 42.4 Å². The molecule has 2 aromatic carbocycles. The van der Waals surface area contributed by atoms with Gasteiger partial charge in [0.05, 0.1) is 25.7 Å². The number of phenols is 1. The van der Waals surface area contributed by atoms with Crippen molar-refractivity contribution in [2.75, 3.05) is 13.7 Å². The van der Waals surface area contributed by atoms with Crippen LogP contribution in [0.5, 0.6) is 5.75 Å². The smallest absolute Gasteiger partial charge is 0.337 e. The Morgan fingerprint density at radius 1 is 1.09 bits per heavy atom. The SMILES string of the molecule is CCOC(=O)CC1(CCC(C)C(=Cc2ccccc2O)c2ccc(C(=O)OC)cc2)CC1. The van der Waals surface area contributed by atoms with E-state index >= 15 is 0 Å². The van der Waals surface area contributed by atoms with E-state index in [-0.39, 0.29) is 29.0 Å². The van der Waals surface area contributed by atoms with Gasteiger partial charge < -0.3 is 14.6 Å². The molecule has 2 aromatic rings. The van der Waals surface area contributed by atoms with Crippen molar-refractivity contribution in [3.05, 3.63) is 65.2 Å². The zero-order valence-electron chi connectivity index (χ0n) is 19.1. The number of phenolic OH excluding ortho intramolecular Hbond substituents is 1. The number of carbonyl (C=O) groups excluding carboxylic acids is 2. The minimum absolute atomic E-state index is 0.0647. The first-order valence-corrected chi connectivity index (χ1v) is 11.2. The van der Waals surface area contributed by atoms with Crippen LogP contribution in [0.2, 0.25) is 0 Å². The molecule has 3 rings (SSSR count). The van der Waals surface area contributed by atoms with Gasteiger partial charge in [0.1, 0.15) is 5.75 Å². The van der Waals surface area contributed by atoms with E-state index in [1.807, 2.05) is 37.3 Å². The Kier molecular flexibility index (Phi) is 7.73. The second-order valence-corrected chi connectivity index (χ2v) is 8.65. The largest absolute Gasteiger partial charge is 0.507 e. The molecule has 0 aromatic heterocycles. The Balaban J connectivity index is 1.82. The maximum absolute atomic E-state index is 12.0. The molecule has 0 bridgehead atoms. The van der Waals surface area contributed by atoms with Crippen LogP contribution >= 0.6 is 0 Å². The fraction of sp³-hybridized carbons (Fsp3) is 0.407. The Bertz CT molecular complexity index is 970. The molecule has 0 heterocycles. The molecule has 1 saturated carbocycles. The number of ether oxygens (including phenoxy) is 2. The monoisotopic (exact) mass is 436 g/mol. The number of benzene rings is 2. The highest BCUT2D eigenvalue weighted by atomic mass is 16.5. The summed E-state index contributed by atoms with van der Waals surface area (Å²) in [4.78, 5) is 23.8. The van der Waals surface area contributed by atoms with E-state index in [2.05, 4.69) is 6.92 Å². The first-order chi connectivity index (χ1) is 15.4. The van der Waals surface area contributed by atoms with Gasteiger partial charge in [-0.05, 0) is 79.4 Å². The zero-order valence-corrected chi connectivity index (χ0v) is 19.1. The Hall–Kier alpha value is -3.08. The Labute approximate surface area is 190 Å². The summed E-state index contributed by atoms with van der Waals surface area (Å²) in [6.45, 7) is 4.42. The van der Waals surface area contributed by atoms with Crippen molar-refractivity contribution in [2.45, 2.75) is 46.0 Å². The molecule has 1 N–H and O–H groups in total. The number of carbonyl (C=O) groups is 2. The lowest BCUT2D eigenvalue weighted by Crippen LogP contribution is -2.14. The van der Waals surface area contributed by atoms with Crippen molar-refractivity contribution >= 4 is 23.6 Å². The van der Waals surface area contributed by atoms with Gasteiger partial charge in [0.25, 0.3) is 0 Å². The third kappa shape index (κ3) is 6.00. The number of hydrogen-bond acceptors (Lipinski definition) is 5. The molecule has 1 fully saturated rings. The van der Waals surface area contributed by atoms with Gasteiger partial charge in [0.15, 0.2) is 0 Å². The van der Waals surface area contributed by atoms with Crippen molar-refractivity contribution < 1.29 is 24.2 Å². The number of rotatable bonds is 10. The Morgan fingerprint density at radius 3 is 2.34 bits per heavy atom. The van der Waals surface area contributed by atoms with Crippen LogP contribution in [-0.4, -0.2) is 30.8 Å². The molecule has 1 aliphatic rings. The molecule has 0 amide bonds. The van der Waals surface area contributed by atoms with Crippen LogP contribution in [0, 0.1) is 11.3 Å². The average molecular weight is 437 g/mol. The molecule has 5 heteroatoms. The maximum atomic E-state index is 12.0. The summed E-state index contributed by atoms with van der Waals surface area (Å²) in [5, 5.41) is 10.3. The second-order valence-electron chi connectivity index (χ2n) is 8.65. The highest BCUT2D eigenvalue weighted by molar-refractivity contribution is 5.90. The average Bonchev–Trinajstić information content (AvgIpc) is 3.56. The summed E-state index contributed by atoms with van der Waals surface area (Å²) < 4.78 is 9.96. The number of hydrogen-bond donors (Lipinski definition) is 1. The van der Waals surface area contributed by atoms with E-state index in [4.69, 9.17) is 9.47 Å². The molecule has 170 valence electrons. The summed E-state index contributed by atoms with van der Waals surface area (Å²) in [6, 6.07) is 14.6. The van der Waals surface area contributed by atoms with Crippen LogP contribution < -0.4 is 0 Å².